The summed E-state index contributed by atoms with van der Waals surface area (Å²) in [5.74, 6) is 0.439. The van der Waals surface area contributed by atoms with E-state index in [2.05, 4.69) is 26.1 Å². The summed E-state index contributed by atoms with van der Waals surface area (Å²) >= 11 is 0. The van der Waals surface area contributed by atoms with E-state index in [4.69, 9.17) is 10.5 Å². The fourth-order valence-electron chi connectivity index (χ4n) is 1.13. The first-order valence-corrected chi connectivity index (χ1v) is 4.72. The van der Waals surface area contributed by atoms with Crippen molar-refractivity contribution in [2.45, 2.75) is 20.8 Å². The van der Waals surface area contributed by atoms with Crippen LogP contribution in [-0.4, -0.2) is 6.09 Å². The van der Waals surface area contributed by atoms with Crippen LogP contribution in [0.3, 0.4) is 0 Å². The number of nitrogens with two attached hydrogens (primary N) is 1. The first kappa shape index (κ1) is 11.4. The molecule has 0 radical (unpaired) electrons. The number of nitrogens with one attached hydrogen (secondary N) is 1. The highest BCUT2D eigenvalue weighted by atomic mass is 16.5. The van der Waals surface area contributed by atoms with Crippen LogP contribution < -0.4 is 11.1 Å². The van der Waals surface area contributed by atoms with E-state index in [0.29, 0.717) is 5.76 Å². The third kappa shape index (κ3) is 3.50. The molecule has 1 aliphatic heterocycles. The predicted molar refractivity (Wildman–Crippen MR) is 58.6 cm³/mol. The maximum absolute atomic E-state index is 10.6. The average Bonchev–Trinajstić information content (AvgIpc) is 2.27. The SMILES string of the molecule is CC(C)(C)C1=CC(OC(N)=O)=CC=CN1. The van der Waals surface area contributed by atoms with E-state index >= 15 is 0 Å². The van der Waals surface area contributed by atoms with Gasteiger partial charge in [-0.25, -0.2) is 4.79 Å². The summed E-state index contributed by atoms with van der Waals surface area (Å²) in [6.07, 6.45) is 6.18. The van der Waals surface area contributed by atoms with Crippen molar-refractivity contribution in [2.75, 3.05) is 0 Å². The van der Waals surface area contributed by atoms with Crippen LogP contribution in [0.1, 0.15) is 20.8 Å². The standard InChI is InChI=1S/C11H16N2O2/c1-11(2,3)9-7-8(15-10(12)14)5-4-6-13-9/h4-7,13H,1-3H3,(H2,12,14). The molecule has 1 aliphatic rings. The van der Waals surface area contributed by atoms with Crippen LogP contribution in [0.25, 0.3) is 0 Å². The number of hydrogen-bond donors (Lipinski definition) is 2. The molecule has 0 spiro atoms. The third-order valence-electron chi connectivity index (χ3n) is 1.91. The molecule has 0 aromatic carbocycles. The molecule has 4 nitrogen and oxygen atoms in total. The third-order valence-corrected chi connectivity index (χ3v) is 1.91. The normalized spacial score (nSPS) is 15.9. The number of ether oxygens (including phenoxy) is 1. The Kier molecular flexibility index (Phi) is 3.19. The molecule has 0 aromatic rings. The number of carbonyl (C=O) groups excluding carboxylic acids is 1. The second kappa shape index (κ2) is 4.21. The number of primary amides is 1. The van der Waals surface area contributed by atoms with Crippen molar-refractivity contribution >= 4 is 6.09 Å². The van der Waals surface area contributed by atoms with Crippen LogP contribution in [-0.2, 0) is 4.74 Å². The minimum absolute atomic E-state index is 0.0468. The summed E-state index contributed by atoms with van der Waals surface area (Å²) in [5.41, 5.74) is 5.87. The second-order valence-corrected chi connectivity index (χ2v) is 4.30. The highest BCUT2D eigenvalue weighted by molar-refractivity contribution is 5.66. The Balaban J connectivity index is 2.92. The van der Waals surface area contributed by atoms with Crippen molar-refractivity contribution in [3.05, 3.63) is 35.9 Å². The quantitative estimate of drug-likeness (QED) is 0.692. The zero-order valence-corrected chi connectivity index (χ0v) is 9.20. The Hall–Kier alpha value is -1.71. The van der Waals surface area contributed by atoms with Gasteiger partial charge in [-0.2, -0.15) is 0 Å². The number of hydrogen-bond acceptors (Lipinski definition) is 3. The topological polar surface area (TPSA) is 64.3 Å². The van der Waals surface area contributed by atoms with E-state index < -0.39 is 6.09 Å². The van der Waals surface area contributed by atoms with E-state index in [1.807, 2.05) is 0 Å². The summed E-state index contributed by atoms with van der Waals surface area (Å²) in [5, 5.41) is 3.12. The molecular weight excluding hydrogens is 192 g/mol. The van der Waals surface area contributed by atoms with Crippen molar-refractivity contribution < 1.29 is 9.53 Å². The first-order chi connectivity index (χ1) is 6.89. The predicted octanol–water partition coefficient (Wildman–Crippen LogP) is 2.01. The lowest BCUT2D eigenvalue weighted by Crippen LogP contribution is -2.20. The van der Waals surface area contributed by atoms with Crippen molar-refractivity contribution in [3.63, 3.8) is 0 Å². The van der Waals surface area contributed by atoms with E-state index in [9.17, 15) is 4.79 Å². The van der Waals surface area contributed by atoms with Gasteiger partial charge in [0.25, 0.3) is 0 Å². The average molecular weight is 208 g/mol. The van der Waals surface area contributed by atoms with Gasteiger partial charge in [-0.15, -0.1) is 0 Å². The van der Waals surface area contributed by atoms with Gasteiger partial charge >= 0.3 is 6.09 Å². The molecule has 1 amide bonds. The molecule has 0 fully saturated rings. The molecule has 0 saturated heterocycles. The van der Waals surface area contributed by atoms with Gasteiger partial charge in [-0.05, 0) is 12.2 Å². The first-order valence-electron chi connectivity index (χ1n) is 4.72. The van der Waals surface area contributed by atoms with Crippen molar-refractivity contribution in [3.8, 4) is 0 Å². The minimum atomic E-state index is -0.805. The summed E-state index contributed by atoms with van der Waals surface area (Å²) in [4.78, 5) is 10.6. The summed E-state index contributed by atoms with van der Waals surface area (Å²) in [7, 11) is 0. The van der Waals surface area contributed by atoms with Gasteiger partial charge in [0.1, 0.15) is 5.76 Å². The smallest absolute Gasteiger partial charge is 0.409 e. The van der Waals surface area contributed by atoms with Crippen molar-refractivity contribution in [1.82, 2.24) is 5.32 Å². The minimum Gasteiger partial charge on any atom is -0.410 e. The summed E-state index contributed by atoms with van der Waals surface area (Å²) < 4.78 is 4.83. The fraction of sp³-hybridized carbons (Fsp3) is 0.364. The van der Waals surface area contributed by atoms with E-state index in [0.717, 1.165) is 5.70 Å². The molecule has 0 aliphatic carbocycles. The van der Waals surface area contributed by atoms with Crippen molar-refractivity contribution in [2.24, 2.45) is 11.1 Å². The van der Waals surface area contributed by atoms with Gasteiger partial charge in [-0.3, -0.25) is 0 Å². The van der Waals surface area contributed by atoms with Crippen LogP contribution in [0.2, 0.25) is 0 Å². The van der Waals surface area contributed by atoms with Crippen LogP contribution >= 0.6 is 0 Å². The molecule has 4 heteroatoms. The van der Waals surface area contributed by atoms with Gasteiger partial charge < -0.3 is 15.8 Å². The van der Waals surface area contributed by atoms with Gasteiger partial charge in [0.2, 0.25) is 0 Å². The van der Waals surface area contributed by atoms with E-state index in [1.54, 1.807) is 24.4 Å². The number of rotatable bonds is 1. The molecule has 1 rings (SSSR count). The maximum Gasteiger partial charge on any atom is 0.409 e. The van der Waals surface area contributed by atoms with Gasteiger partial charge in [0, 0.05) is 23.4 Å². The molecule has 15 heavy (non-hydrogen) atoms. The molecule has 0 saturated carbocycles. The van der Waals surface area contributed by atoms with Gasteiger partial charge in [-0.1, -0.05) is 20.8 Å². The molecule has 0 unspecified atom stereocenters. The van der Waals surface area contributed by atoms with Crippen molar-refractivity contribution in [1.29, 1.82) is 0 Å². The molecule has 3 N–H and O–H groups in total. The molecule has 0 aromatic heterocycles. The maximum atomic E-state index is 10.6. The van der Waals surface area contributed by atoms with Gasteiger partial charge in [0.15, 0.2) is 0 Å². The summed E-state index contributed by atoms with van der Waals surface area (Å²) in [6, 6.07) is 0. The van der Waals surface area contributed by atoms with Crippen LogP contribution in [0.5, 0.6) is 0 Å². The lowest BCUT2D eigenvalue weighted by Gasteiger charge is -2.22. The number of allylic oxidation sites excluding steroid dienone is 4. The molecule has 1 heterocycles. The van der Waals surface area contributed by atoms with Crippen LogP contribution in [0.15, 0.2) is 35.9 Å². The van der Waals surface area contributed by atoms with E-state index in [-0.39, 0.29) is 5.41 Å². The van der Waals surface area contributed by atoms with Gasteiger partial charge in [0.05, 0.1) is 0 Å². The highest BCUT2D eigenvalue weighted by Crippen LogP contribution is 2.25. The Morgan fingerprint density at radius 2 is 2.13 bits per heavy atom. The highest BCUT2D eigenvalue weighted by Gasteiger charge is 2.18. The molecular formula is C11H16N2O2. The number of carbonyl (C=O) groups is 1. The lowest BCUT2D eigenvalue weighted by molar-refractivity contribution is 0.190. The number of amides is 1. The lowest BCUT2D eigenvalue weighted by atomic mass is 9.91. The second-order valence-electron chi connectivity index (χ2n) is 4.30. The largest absolute Gasteiger partial charge is 0.410 e. The molecule has 0 atom stereocenters. The zero-order chi connectivity index (χ0) is 11.5. The Morgan fingerprint density at radius 3 is 2.67 bits per heavy atom. The Morgan fingerprint density at radius 1 is 1.47 bits per heavy atom. The Labute approximate surface area is 89.5 Å². The summed E-state index contributed by atoms with van der Waals surface area (Å²) in [6.45, 7) is 6.19. The zero-order valence-electron chi connectivity index (χ0n) is 9.20. The monoisotopic (exact) mass is 208 g/mol. The molecule has 0 bridgehead atoms. The Bertz CT molecular complexity index is 346. The van der Waals surface area contributed by atoms with Crippen LogP contribution in [0.4, 0.5) is 4.79 Å². The molecule has 82 valence electrons. The fourth-order valence-corrected chi connectivity index (χ4v) is 1.13. The van der Waals surface area contributed by atoms with Crippen LogP contribution in [0, 0.1) is 5.41 Å². The van der Waals surface area contributed by atoms with E-state index in [1.165, 1.54) is 0 Å².